The quantitative estimate of drug-likeness (QED) is 0.710. The van der Waals surface area contributed by atoms with Gasteiger partial charge in [-0.05, 0) is 46.6 Å². The van der Waals surface area contributed by atoms with Gasteiger partial charge in [0, 0.05) is 11.6 Å². The van der Waals surface area contributed by atoms with Crippen molar-refractivity contribution in [2.24, 2.45) is 0 Å². The van der Waals surface area contributed by atoms with Gasteiger partial charge in [0.15, 0.2) is 0 Å². The van der Waals surface area contributed by atoms with Crippen LogP contribution in [0.1, 0.15) is 40.0 Å². The van der Waals surface area contributed by atoms with Gasteiger partial charge in [-0.15, -0.1) is 0 Å². The van der Waals surface area contributed by atoms with Gasteiger partial charge in [-0.25, -0.2) is 0 Å². The van der Waals surface area contributed by atoms with Gasteiger partial charge in [-0.2, -0.15) is 8.42 Å². The fraction of sp³-hybridized carbons (Fsp3) is 1.00. The molecule has 16 heavy (non-hydrogen) atoms. The molecule has 1 aliphatic heterocycles. The second-order valence-electron chi connectivity index (χ2n) is 5.48. The number of hydrogen-bond donors (Lipinski definition) is 0. The highest BCUT2D eigenvalue weighted by Crippen LogP contribution is 2.28. The zero-order valence-electron chi connectivity index (χ0n) is 10.7. The van der Waals surface area contributed by atoms with Crippen LogP contribution in [-0.4, -0.2) is 44.3 Å². The first-order valence-corrected chi connectivity index (χ1v) is 7.63. The van der Waals surface area contributed by atoms with E-state index in [4.69, 9.17) is 4.18 Å². The summed E-state index contributed by atoms with van der Waals surface area (Å²) in [5.74, 6) is 0. The average molecular weight is 249 g/mol. The Labute approximate surface area is 99.1 Å². The molecule has 1 fully saturated rings. The molecule has 1 atom stereocenters. The Morgan fingerprint density at radius 3 is 2.50 bits per heavy atom. The summed E-state index contributed by atoms with van der Waals surface area (Å²) < 4.78 is 26.5. The van der Waals surface area contributed by atoms with Gasteiger partial charge in [0.1, 0.15) is 0 Å². The average Bonchev–Trinajstić information content (AvgIpc) is 2.48. The van der Waals surface area contributed by atoms with E-state index in [0.29, 0.717) is 12.6 Å². The Morgan fingerprint density at radius 2 is 2.00 bits per heavy atom. The van der Waals surface area contributed by atoms with Crippen LogP contribution in [0.5, 0.6) is 0 Å². The predicted molar refractivity (Wildman–Crippen MR) is 64.9 cm³/mol. The summed E-state index contributed by atoms with van der Waals surface area (Å²) in [6.07, 6.45) is 4.23. The van der Waals surface area contributed by atoms with Gasteiger partial charge in [-0.3, -0.25) is 9.08 Å². The van der Waals surface area contributed by atoms with E-state index in [-0.39, 0.29) is 5.54 Å². The number of hydrogen-bond acceptors (Lipinski definition) is 4. The van der Waals surface area contributed by atoms with Crippen LogP contribution in [0.15, 0.2) is 0 Å². The molecule has 1 heterocycles. The maximum Gasteiger partial charge on any atom is 0.264 e. The largest absolute Gasteiger partial charge is 0.295 e. The van der Waals surface area contributed by atoms with Gasteiger partial charge < -0.3 is 0 Å². The van der Waals surface area contributed by atoms with Crippen molar-refractivity contribution in [2.45, 2.75) is 51.6 Å². The maximum atomic E-state index is 10.8. The summed E-state index contributed by atoms with van der Waals surface area (Å²) in [7, 11) is -3.29. The number of nitrogens with zero attached hydrogens (tertiary/aromatic N) is 1. The molecule has 0 aromatic heterocycles. The minimum Gasteiger partial charge on any atom is -0.295 e. The summed E-state index contributed by atoms with van der Waals surface area (Å²) in [5, 5.41) is 0. The molecular formula is C11H23NO3S. The van der Waals surface area contributed by atoms with Crippen LogP contribution < -0.4 is 0 Å². The van der Waals surface area contributed by atoms with E-state index < -0.39 is 10.1 Å². The van der Waals surface area contributed by atoms with Crippen molar-refractivity contribution in [3.63, 3.8) is 0 Å². The molecule has 0 aliphatic carbocycles. The molecule has 1 aliphatic rings. The SMILES string of the molecule is CC(C)(C)N1CCCC1CCOS(C)(=O)=O. The van der Waals surface area contributed by atoms with Gasteiger partial charge in [0.05, 0.1) is 12.9 Å². The molecule has 0 aromatic carbocycles. The third-order valence-electron chi connectivity index (χ3n) is 2.99. The van der Waals surface area contributed by atoms with E-state index in [1.165, 1.54) is 6.42 Å². The highest BCUT2D eigenvalue weighted by atomic mass is 32.2. The fourth-order valence-electron chi connectivity index (χ4n) is 2.35. The predicted octanol–water partition coefficient (Wildman–Crippen LogP) is 1.62. The van der Waals surface area contributed by atoms with E-state index in [9.17, 15) is 8.42 Å². The fourth-order valence-corrected chi connectivity index (χ4v) is 2.75. The van der Waals surface area contributed by atoms with Crippen LogP contribution in [0.25, 0.3) is 0 Å². The highest BCUT2D eigenvalue weighted by Gasteiger charge is 2.32. The van der Waals surface area contributed by atoms with E-state index in [0.717, 1.165) is 25.6 Å². The Morgan fingerprint density at radius 1 is 1.38 bits per heavy atom. The van der Waals surface area contributed by atoms with Crippen LogP contribution >= 0.6 is 0 Å². The Bertz CT molecular complexity index is 319. The molecule has 4 nitrogen and oxygen atoms in total. The van der Waals surface area contributed by atoms with Gasteiger partial charge >= 0.3 is 0 Å². The van der Waals surface area contributed by atoms with Crippen LogP contribution in [0.4, 0.5) is 0 Å². The third-order valence-corrected chi connectivity index (χ3v) is 3.58. The summed E-state index contributed by atoms with van der Waals surface area (Å²) in [5.41, 5.74) is 0.159. The Balaban J connectivity index is 2.42. The van der Waals surface area contributed by atoms with Crippen molar-refractivity contribution in [1.82, 2.24) is 4.90 Å². The minimum absolute atomic E-state index is 0.159. The highest BCUT2D eigenvalue weighted by molar-refractivity contribution is 7.85. The first-order valence-electron chi connectivity index (χ1n) is 5.81. The summed E-state index contributed by atoms with van der Waals surface area (Å²) in [6, 6.07) is 0.460. The molecule has 5 heteroatoms. The monoisotopic (exact) mass is 249 g/mol. The molecule has 0 amide bonds. The first-order chi connectivity index (χ1) is 7.20. The van der Waals surface area contributed by atoms with Crippen LogP contribution in [0.2, 0.25) is 0 Å². The van der Waals surface area contributed by atoms with Crippen molar-refractivity contribution >= 4 is 10.1 Å². The van der Waals surface area contributed by atoms with Crippen LogP contribution in [0, 0.1) is 0 Å². The molecule has 1 rings (SSSR count). The van der Waals surface area contributed by atoms with Gasteiger partial charge in [-0.1, -0.05) is 0 Å². The smallest absolute Gasteiger partial charge is 0.264 e. The number of likely N-dealkylation sites (tertiary alicyclic amines) is 1. The first kappa shape index (κ1) is 13.9. The topological polar surface area (TPSA) is 46.6 Å². The summed E-state index contributed by atoms with van der Waals surface area (Å²) in [4.78, 5) is 2.44. The zero-order valence-corrected chi connectivity index (χ0v) is 11.5. The lowest BCUT2D eigenvalue weighted by Gasteiger charge is -2.37. The van der Waals surface area contributed by atoms with Gasteiger partial charge in [0.2, 0.25) is 0 Å². The van der Waals surface area contributed by atoms with Crippen molar-refractivity contribution < 1.29 is 12.6 Å². The minimum atomic E-state index is -3.29. The summed E-state index contributed by atoms with van der Waals surface area (Å²) >= 11 is 0. The molecule has 1 saturated heterocycles. The normalized spacial score (nSPS) is 23.9. The Kier molecular flexibility index (Phi) is 4.37. The lowest BCUT2D eigenvalue weighted by molar-refractivity contribution is 0.106. The molecule has 0 N–H and O–H groups in total. The second kappa shape index (κ2) is 5.02. The second-order valence-corrected chi connectivity index (χ2v) is 7.12. The van der Waals surface area contributed by atoms with Crippen LogP contribution in [0.3, 0.4) is 0 Å². The molecule has 0 aromatic rings. The van der Waals surface area contributed by atoms with Crippen LogP contribution in [-0.2, 0) is 14.3 Å². The standard InChI is InChI=1S/C11H23NO3S/c1-11(2,3)12-8-5-6-10(12)7-9-15-16(4,13)14/h10H,5-9H2,1-4H3. The molecule has 0 radical (unpaired) electrons. The van der Waals surface area contributed by atoms with E-state index in [1.807, 2.05) is 0 Å². The van der Waals surface area contributed by atoms with E-state index >= 15 is 0 Å². The zero-order chi connectivity index (χ0) is 12.4. The van der Waals surface area contributed by atoms with Crippen molar-refractivity contribution in [1.29, 1.82) is 0 Å². The molecule has 1 unspecified atom stereocenters. The molecule has 0 bridgehead atoms. The third kappa shape index (κ3) is 4.39. The molecular weight excluding hydrogens is 226 g/mol. The molecule has 0 saturated carbocycles. The van der Waals surface area contributed by atoms with E-state index in [1.54, 1.807) is 0 Å². The van der Waals surface area contributed by atoms with Gasteiger partial charge in [0.25, 0.3) is 10.1 Å². The molecule has 0 spiro atoms. The number of rotatable bonds is 4. The lowest BCUT2D eigenvalue weighted by Crippen LogP contribution is -2.44. The van der Waals surface area contributed by atoms with Crippen molar-refractivity contribution in [3.05, 3.63) is 0 Å². The van der Waals surface area contributed by atoms with E-state index in [2.05, 4.69) is 25.7 Å². The maximum absolute atomic E-state index is 10.8. The lowest BCUT2D eigenvalue weighted by atomic mass is 10.0. The Hall–Kier alpha value is -0.130. The van der Waals surface area contributed by atoms with Crippen molar-refractivity contribution in [2.75, 3.05) is 19.4 Å². The summed E-state index contributed by atoms with van der Waals surface area (Å²) in [6.45, 7) is 8.00. The van der Waals surface area contributed by atoms with Crippen molar-refractivity contribution in [3.8, 4) is 0 Å². The molecule has 96 valence electrons.